The molecule has 82 valence electrons. The van der Waals surface area contributed by atoms with Gasteiger partial charge in [-0.2, -0.15) is 0 Å². The number of nitrogens with zero attached hydrogens (tertiary/aromatic N) is 1. The van der Waals surface area contributed by atoms with Crippen molar-refractivity contribution < 1.29 is 9.90 Å². The molecular weight excluding hydrogens is 180 g/mol. The molecule has 0 aromatic carbocycles. The van der Waals surface area contributed by atoms with Gasteiger partial charge >= 0.3 is 6.03 Å². The van der Waals surface area contributed by atoms with E-state index in [1.54, 1.807) is 4.90 Å². The smallest absolute Gasteiger partial charge is 0.315 e. The van der Waals surface area contributed by atoms with Gasteiger partial charge in [0.2, 0.25) is 0 Å². The Balaban J connectivity index is 2.62. The first-order valence-corrected chi connectivity index (χ1v) is 5.37. The van der Waals surface area contributed by atoms with Gasteiger partial charge in [0.1, 0.15) is 0 Å². The molecule has 2 amide bonds. The van der Waals surface area contributed by atoms with Crippen LogP contribution in [0, 0.1) is 5.92 Å². The van der Waals surface area contributed by atoms with E-state index in [2.05, 4.69) is 0 Å². The second-order valence-electron chi connectivity index (χ2n) is 3.92. The van der Waals surface area contributed by atoms with E-state index in [9.17, 15) is 9.90 Å². The molecule has 4 heteroatoms. The average Bonchev–Trinajstić information content (AvgIpc) is 2.65. The SMILES string of the molecule is CCN(C(N)=O)C(CO)C1CCCC1. The van der Waals surface area contributed by atoms with Gasteiger partial charge in [-0.15, -0.1) is 0 Å². The molecule has 1 saturated carbocycles. The minimum Gasteiger partial charge on any atom is -0.394 e. The van der Waals surface area contributed by atoms with Crippen molar-refractivity contribution >= 4 is 6.03 Å². The van der Waals surface area contributed by atoms with Crippen molar-refractivity contribution in [3.05, 3.63) is 0 Å². The van der Waals surface area contributed by atoms with Crippen LogP contribution in [-0.4, -0.2) is 35.2 Å². The molecule has 1 rings (SSSR count). The van der Waals surface area contributed by atoms with Crippen LogP contribution in [0.15, 0.2) is 0 Å². The van der Waals surface area contributed by atoms with Gasteiger partial charge in [-0.25, -0.2) is 4.79 Å². The number of likely N-dealkylation sites (N-methyl/N-ethyl adjacent to an activating group) is 1. The number of aliphatic hydroxyl groups is 1. The van der Waals surface area contributed by atoms with Crippen molar-refractivity contribution in [2.45, 2.75) is 38.6 Å². The predicted molar refractivity (Wildman–Crippen MR) is 54.8 cm³/mol. The molecule has 0 radical (unpaired) electrons. The first kappa shape index (κ1) is 11.3. The number of carbonyl (C=O) groups excluding carboxylic acids is 1. The minimum absolute atomic E-state index is 0.0292. The summed E-state index contributed by atoms with van der Waals surface area (Å²) < 4.78 is 0. The van der Waals surface area contributed by atoms with Crippen molar-refractivity contribution in [1.29, 1.82) is 0 Å². The summed E-state index contributed by atoms with van der Waals surface area (Å²) in [6, 6.07) is -0.488. The van der Waals surface area contributed by atoms with Crippen molar-refractivity contribution in [1.82, 2.24) is 4.90 Å². The van der Waals surface area contributed by atoms with E-state index >= 15 is 0 Å². The van der Waals surface area contributed by atoms with Crippen LogP contribution in [0.1, 0.15) is 32.6 Å². The van der Waals surface area contributed by atoms with Gasteiger partial charge in [0.05, 0.1) is 12.6 Å². The summed E-state index contributed by atoms with van der Waals surface area (Å²) in [5.74, 6) is 0.437. The van der Waals surface area contributed by atoms with Gasteiger partial charge in [-0.1, -0.05) is 12.8 Å². The fourth-order valence-electron chi connectivity index (χ4n) is 2.40. The fraction of sp³-hybridized carbons (Fsp3) is 0.900. The lowest BCUT2D eigenvalue weighted by atomic mass is 9.97. The molecule has 0 aliphatic heterocycles. The Bertz CT molecular complexity index is 191. The van der Waals surface area contributed by atoms with Crippen molar-refractivity contribution in [2.75, 3.05) is 13.2 Å². The molecule has 1 aliphatic carbocycles. The molecule has 0 heterocycles. The fourth-order valence-corrected chi connectivity index (χ4v) is 2.40. The van der Waals surface area contributed by atoms with Crippen molar-refractivity contribution in [2.24, 2.45) is 11.7 Å². The molecule has 4 nitrogen and oxygen atoms in total. The number of amides is 2. The molecule has 0 spiro atoms. The Kier molecular flexibility index (Phi) is 4.20. The number of primary amides is 1. The summed E-state index contributed by atoms with van der Waals surface area (Å²) in [4.78, 5) is 12.7. The Morgan fingerprint density at radius 3 is 2.50 bits per heavy atom. The lowest BCUT2D eigenvalue weighted by Gasteiger charge is -2.32. The summed E-state index contributed by atoms with van der Waals surface area (Å²) in [7, 11) is 0. The van der Waals surface area contributed by atoms with E-state index in [-0.39, 0.29) is 12.6 Å². The Labute approximate surface area is 85.1 Å². The summed E-state index contributed by atoms with van der Waals surface area (Å²) in [5, 5.41) is 9.29. The quantitative estimate of drug-likeness (QED) is 0.709. The molecule has 0 saturated heterocycles. The zero-order chi connectivity index (χ0) is 10.6. The molecular formula is C10H20N2O2. The zero-order valence-electron chi connectivity index (χ0n) is 8.78. The van der Waals surface area contributed by atoms with Gasteiger partial charge in [0, 0.05) is 6.54 Å². The molecule has 14 heavy (non-hydrogen) atoms. The highest BCUT2D eigenvalue weighted by Gasteiger charge is 2.30. The maximum atomic E-state index is 11.1. The Morgan fingerprint density at radius 1 is 1.57 bits per heavy atom. The van der Waals surface area contributed by atoms with E-state index in [1.165, 1.54) is 12.8 Å². The second-order valence-corrected chi connectivity index (χ2v) is 3.92. The van der Waals surface area contributed by atoms with Crippen LogP contribution in [0.2, 0.25) is 0 Å². The maximum Gasteiger partial charge on any atom is 0.315 e. The molecule has 0 aromatic rings. The molecule has 1 atom stereocenters. The van der Waals surface area contributed by atoms with Gasteiger partial charge < -0.3 is 15.7 Å². The number of carbonyl (C=O) groups is 1. The highest BCUT2D eigenvalue weighted by atomic mass is 16.3. The minimum atomic E-state index is -0.418. The van der Waals surface area contributed by atoms with Crippen LogP contribution < -0.4 is 5.73 Å². The number of hydrogen-bond donors (Lipinski definition) is 2. The monoisotopic (exact) mass is 200 g/mol. The van der Waals surface area contributed by atoms with Crippen LogP contribution in [-0.2, 0) is 0 Å². The van der Waals surface area contributed by atoms with Crippen LogP contribution in [0.3, 0.4) is 0 Å². The first-order chi connectivity index (χ1) is 6.70. The van der Waals surface area contributed by atoms with E-state index < -0.39 is 6.03 Å². The zero-order valence-corrected chi connectivity index (χ0v) is 8.78. The normalized spacial score (nSPS) is 19.6. The Morgan fingerprint density at radius 2 is 2.14 bits per heavy atom. The third kappa shape index (κ3) is 2.38. The molecule has 1 fully saturated rings. The third-order valence-electron chi connectivity index (χ3n) is 3.16. The third-order valence-corrected chi connectivity index (χ3v) is 3.16. The number of urea groups is 1. The summed E-state index contributed by atoms with van der Waals surface area (Å²) in [5.41, 5.74) is 5.27. The number of hydrogen-bond acceptors (Lipinski definition) is 2. The molecule has 0 aromatic heterocycles. The topological polar surface area (TPSA) is 66.6 Å². The van der Waals surface area contributed by atoms with Gasteiger partial charge in [-0.05, 0) is 25.7 Å². The highest BCUT2D eigenvalue weighted by Crippen LogP contribution is 2.30. The summed E-state index contributed by atoms with van der Waals surface area (Å²) in [6.07, 6.45) is 4.62. The number of nitrogens with two attached hydrogens (primary N) is 1. The number of rotatable bonds is 4. The molecule has 0 bridgehead atoms. The average molecular weight is 200 g/mol. The van der Waals surface area contributed by atoms with E-state index in [0.717, 1.165) is 12.8 Å². The number of aliphatic hydroxyl groups excluding tert-OH is 1. The standard InChI is InChI=1S/C10H20N2O2/c1-2-12(10(11)14)9(7-13)8-5-3-4-6-8/h8-9,13H,2-7H2,1H3,(H2,11,14). The van der Waals surface area contributed by atoms with Crippen LogP contribution in [0.25, 0.3) is 0 Å². The van der Waals surface area contributed by atoms with E-state index in [4.69, 9.17) is 5.73 Å². The summed E-state index contributed by atoms with van der Waals surface area (Å²) >= 11 is 0. The van der Waals surface area contributed by atoms with Crippen molar-refractivity contribution in [3.8, 4) is 0 Å². The van der Waals surface area contributed by atoms with Crippen LogP contribution >= 0.6 is 0 Å². The van der Waals surface area contributed by atoms with E-state index in [1.807, 2.05) is 6.92 Å². The Hall–Kier alpha value is -0.770. The summed E-state index contributed by atoms with van der Waals surface area (Å²) in [6.45, 7) is 2.50. The molecule has 1 aliphatic rings. The lowest BCUT2D eigenvalue weighted by Crippen LogP contribution is -2.48. The van der Waals surface area contributed by atoms with Gasteiger partial charge in [0.25, 0.3) is 0 Å². The maximum absolute atomic E-state index is 11.1. The van der Waals surface area contributed by atoms with E-state index in [0.29, 0.717) is 12.5 Å². The van der Waals surface area contributed by atoms with Crippen molar-refractivity contribution in [3.63, 3.8) is 0 Å². The van der Waals surface area contributed by atoms with Crippen LogP contribution in [0.4, 0.5) is 4.79 Å². The second kappa shape index (κ2) is 5.20. The molecule has 1 unspecified atom stereocenters. The van der Waals surface area contributed by atoms with Gasteiger partial charge in [0.15, 0.2) is 0 Å². The largest absolute Gasteiger partial charge is 0.394 e. The highest BCUT2D eigenvalue weighted by molar-refractivity contribution is 5.72. The first-order valence-electron chi connectivity index (χ1n) is 5.37. The van der Waals surface area contributed by atoms with Crippen LogP contribution in [0.5, 0.6) is 0 Å². The lowest BCUT2D eigenvalue weighted by molar-refractivity contribution is 0.107. The van der Waals surface area contributed by atoms with Gasteiger partial charge in [-0.3, -0.25) is 0 Å². The molecule has 3 N–H and O–H groups in total. The predicted octanol–water partition coefficient (Wildman–Crippen LogP) is 0.938.